The minimum atomic E-state index is -0.794. The zero-order chi connectivity index (χ0) is 17.6. The van der Waals surface area contributed by atoms with E-state index in [-0.39, 0.29) is 29.9 Å². The maximum atomic E-state index is 12.3. The zero-order valence-electron chi connectivity index (χ0n) is 15.2. The van der Waals surface area contributed by atoms with E-state index in [9.17, 15) is 9.90 Å². The van der Waals surface area contributed by atoms with Gasteiger partial charge in [0.2, 0.25) is 0 Å². The summed E-state index contributed by atoms with van der Waals surface area (Å²) >= 11 is 0. The van der Waals surface area contributed by atoms with Crippen LogP contribution in [0.3, 0.4) is 0 Å². The fourth-order valence-corrected chi connectivity index (χ4v) is 2.46. The highest BCUT2D eigenvalue weighted by atomic mass is 127. The Balaban J connectivity index is 0.00000312. The molecule has 2 heterocycles. The van der Waals surface area contributed by atoms with Crippen LogP contribution in [0.4, 0.5) is 0 Å². The Morgan fingerprint density at radius 3 is 2.48 bits per heavy atom. The Morgan fingerprint density at radius 2 is 1.96 bits per heavy atom. The number of carbonyl (C=O) groups is 1. The number of rotatable bonds is 5. The van der Waals surface area contributed by atoms with E-state index in [0.29, 0.717) is 44.9 Å². The Morgan fingerprint density at radius 1 is 1.32 bits per heavy atom. The molecule has 2 N–H and O–H groups in total. The van der Waals surface area contributed by atoms with Crippen molar-refractivity contribution in [1.29, 1.82) is 0 Å². The van der Waals surface area contributed by atoms with Crippen LogP contribution in [0.2, 0.25) is 0 Å². The van der Waals surface area contributed by atoms with Gasteiger partial charge < -0.3 is 24.6 Å². The van der Waals surface area contributed by atoms with Gasteiger partial charge >= 0.3 is 0 Å². The van der Waals surface area contributed by atoms with E-state index in [1.807, 2.05) is 13.8 Å². The number of nitrogens with one attached hydrogen (secondary N) is 1. The largest absolute Gasteiger partial charge is 0.459 e. The lowest BCUT2D eigenvalue weighted by Crippen LogP contribution is -2.54. The number of halogens is 1. The minimum absolute atomic E-state index is 0. The van der Waals surface area contributed by atoms with Crippen LogP contribution < -0.4 is 5.32 Å². The molecule has 1 atom stereocenters. The van der Waals surface area contributed by atoms with E-state index in [2.05, 4.69) is 15.2 Å². The first-order valence-electron chi connectivity index (χ1n) is 8.55. The molecule has 0 saturated carbocycles. The van der Waals surface area contributed by atoms with E-state index in [1.54, 1.807) is 24.0 Å². The molecule has 1 aliphatic rings. The van der Waals surface area contributed by atoms with Gasteiger partial charge in [0.25, 0.3) is 5.91 Å². The number of aliphatic imine (C=N–C) groups is 1. The lowest BCUT2D eigenvalue weighted by atomic mass is 10.1. The summed E-state index contributed by atoms with van der Waals surface area (Å²) in [6.45, 7) is 9.52. The van der Waals surface area contributed by atoms with Crippen LogP contribution in [0, 0.1) is 0 Å². The fourth-order valence-electron chi connectivity index (χ4n) is 2.46. The van der Waals surface area contributed by atoms with Gasteiger partial charge in [-0.3, -0.25) is 9.79 Å². The minimum Gasteiger partial charge on any atom is -0.459 e. The lowest BCUT2D eigenvalue weighted by Gasteiger charge is -2.36. The van der Waals surface area contributed by atoms with Gasteiger partial charge in [0.15, 0.2) is 11.7 Å². The number of aliphatic hydroxyl groups is 1. The van der Waals surface area contributed by atoms with Crippen LogP contribution in [0.15, 0.2) is 27.8 Å². The number of hydrogen-bond acceptors (Lipinski definition) is 4. The van der Waals surface area contributed by atoms with E-state index in [1.165, 1.54) is 6.26 Å². The second-order valence-electron chi connectivity index (χ2n) is 6.28. The number of guanidine groups is 1. The topological polar surface area (TPSA) is 81.3 Å². The van der Waals surface area contributed by atoms with E-state index >= 15 is 0 Å². The van der Waals surface area contributed by atoms with Gasteiger partial charge in [-0.05, 0) is 32.4 Å². The monoisotopic (exact) mass is 464 g/mol. The Hall–Kier alpha value is -1.29. The molecule has 0 spiro atoms. The Bertz CT molecular complexity index is 552. The summed E-state index contributed by atoms with van der Waals surface area (Å²) in [7, 11) is 0. The molecule has 1 aliphatic heterocycles. The molecule has 25 heavy (non-hydrogen) atoms. The third-order valence-corrected chi connectivity index (χ3v) is 4.26. The van der Waals surface area contributed by atoms with Crippen LogP contribution >= 0.6 is 24.0 Å². The summed E-state index contributed by atoms with van der Waals surface area (Å²) in [5.74, 6) is 1.09. The molecule has 1 aromatic rings. The number of amides is 1. The van der Waals surface area contributed by atoms with Gasteiger partial charge in [-0.2, -0.15) is 0 Å². The van der Waals surface area contributed by atoms with Crippen molar-refractivity contribution in [2.24, 2.45) is 4.99 Å². The van der Waals surface area contributed by atoms with Crippen molar-refractivity contribution < 1.29 is 14.3 Å². The third kappa shape index (κ3) is 6.18. The molecule has 0 radical (unpaired) electrons. The zero-order valence-corrected chi connectivity index (χ0v) is 17.5. The summed E-state index contributed by atoms with van der Waals surface area (Å²) in [6.07, 6.45) is 2.17. The van der Waals surface area contributed by atoms with E-state index in [0.717, 1.165) is 12.5 Å². The Labute approximate surface area is 166 Å². The van der Waals surface area contributed by atoms with E-state index < -0.39 is 5.60 Å². The van der Waals surface area contributed by atoms with Crippen LogP contribution in [0.1, 0.15) is 37.7 Å². The van der Waals surface area contributed by atoms with Crippen molar-refractivity contribution in [3.63, 3.8) is 0 Å². The molecule has 0 bridgehead atoms. The van der Waals surface area contributed by atoms with Crippen molar-refractivity contribution in [3.8, 4) is 0 Å². The standard InChI is InChI=1S/C17H28N4O3.HI/c1-4-17(3,23)13-19-16(18-5-2)21-10-8-20(9-11-21)15(22)14-7-6-12-24-14;/h6-7,12,23H,4-5,8-11,13H2,1-3H3,(H,18,19);1H. The molecular formula is C17H29IN4O3. The highest BCUT2D eigenvalue weighted by molar-refractivity contribution is 14.0. The summed E-state index contributed by atoms with van der Waals surface area (Å²) in [4.78, 5) is 20.8. The molecule has 1 amide bonds. The summed E-state index contributed by atoms with van der Waals surface area (Å²) < 4.78 is 5.18. The molecule has 1 unspecified atom stereocenters. The number of nitrogens with zero attached hydrogens (tertiary/aromatic N) is 3. The van der Waals surface area contributed by atoms with Crippen LogP contribution in [-0.4, -0.2) is 71.6 Å². The summed E-state index contributed by atoms with van der Waals surface area (Å²) in [6, 6.07) is 3.41. The van der Waals surface area contributed by atoms with Gasteiger partial charge in [-0.15, -0.1) is 24.0 Å². The SMILES string of the molecule is CCNC(=NCC(C)(O)CC)N1CCN(C(=O)c2ccco2)CC1.I. The first kappa shape index (κ1) is 21.8. The second kappa shape index (κ2) is 10.0. The van der Waals surface area contributed by atoms with Crippen molar-refractivity contribution in [3.05, 3.63) is 24.2 Å². The molecule has 0 aliphatic carbocycles. The van der Waals surface area contributed by atoms with Crippen molar-refractivity contribution in [2.45, 2.75) is 32.8 Å². The fraction of sp³-hybridized carbons (Fsp3) is 0.647. The lowest BCUT2D eigenvalue weighted by molar-refractivity contribution is 0.0639. The van der Waals surface area contributed by atoms with Gasteiger partial charge in [0.1, 0.15) is 0 Å². The molecule has 7 nitrogen and oxygen atoms in total. The molecule has 0 aromatic carbocycles. The van der Waals surface area contributed by atoms with Gasteiger partial charge in [0.05, 0.1) is 18.4 Å². The van der Waals surface area contributed by atoms with Crippen molar-refractivity contribution in [1.82, 2.24) is 15.1 Å². The predicted molar refractivity (Wildman–Crippen MR) is 108 cm³/mol. The van der Waals surface area contributed by atoms with Crippen molar-refractivity contribution >= 4 is 35.8 Å². The Kier molecular flexibility index (Phi) is 8.70. The van der Waals surface area contributed by atoms with Crippen LogP contribution in [-0.2, 0) is 0 Å². The average molecular weight is 464 g/mol. The van der Waals surface area contributed by atoms with Gasteiger partial charge in [-0.25, -0.2) is 0 Å². The normalized spacial score (nSPS) is 17.7. The molecule has 2 rings (SSSR count). The predicted octanol–water partition coefficient (Wildman–Crippen LogP) is 1.78. The maximum absolute atomic E-state index is 12.3. The number of furan rings is 1. The summed E-state index contributed by atoms with van der Waals surface area (Å²) in [5.41, 5.74) is -0.794. The molecule has 8 heteroatoms. The molecule has 1 aromatic heterocycles. The smallest absolute Gasteiger partial charge is 0.289 e. The number of piperazine rings is 1. The van der Waals surface area contributed by atoms with Gasteiger partial charge in [0, 0.05) is 32.7 Å². The second-order valence-corrected chi connectivity index (χ2v) is 6.28. The molecular weight excluding hydrogens is 435 g/mol. The third-order valence-electron chi connectivity index (χ3n) is 4.26. The molecule has 142 valence electrons. The van der Waals surface area contributed by atoms with Crippen LogP contribution in [0.25, 0.3) is 0 Å². The number of carbonyl (C=O) groups excluding carboxylic acids is 1. The van der Waals surface area contributed by atoms with Crippen molar-refractivity contribution in [2.75, 3.05) is 39.3 Å². The molecule has 1 saturated heterocycles. The summed E-state index contributed by atoms with van der Waals surface area (Å²) in [5, 5.41) is 13.4. The maximum Gasteiger partial charge on any atom is 0.289 e. The quantitative estimate of drug-likeness (QED) is 0.395. The first-order chi connectivity index (χ1) is 11.5. The van der Waals surface area contributed by atoms with Crippen LogP contribution in [0.5, 0.6) is 0 Å². The van der Waals surface area contributed by atoms with Gasteiger partial charge in [-0.1, -0.05) is 6.92 Å². The molecule has 1 fully saturated rings. The highest BCUT2D eigenvalue weighted by Crippen LogP contribution is 2.11. The average Bonchev–Trinajstić information content (AvgIpc) is 3.13. The number of hydrogen-bond donors (Lipinski definition) is 2. The highest BCUT2D eigenvalue weighted by Gasteiger charge is 2.25. The van der Waals surface area contributed by atoms with E-state index in [4.69, 9.17) is 4.42 Å². The first-order valence-corrected chi connectivity index (χ1v) is 8.55.